The summed E-state index contributed by atoms with van der Waals surface area (Å²) in [5, 5.41) is 10.8. The average Bonchev–Trinajstić information content (AvgIpc) is 2.49. The van der Waals surface area contributed by atoms with E-state index >= 15 is 0 Å². The van der Waals surface area contributed by atoms with Gasteiger partial charge in [0.15, 0.2) is 0 Å². The monoisotopic (exact) mass is 360 g/mol. The van der Waals surface area contributed by atoms with Crippen LogP contribution in [0.1, 0.15) is 96.8 Å². The lowest BCUT2D eigenvalue weighted by Gasteiger charge is -2.03. The van der Waals surface area contributed by atoms with Crippen LogP contribution in [0.25, 0.3) is 0 Å². The molecule has 0 unspecified atom stereocenters. The lowest BCUT2D eigenvalue weighted by Crippen LogP contribution is -2.00. The van der Waals surface area contributed by atoms with Gasteiger partial charge in [-0.2, -0.15) is 0 Å². The minimum absolute atomic E-state index is 0.213. The Labute approximate surface area is 141 Å². The third-order valence-electron chi connectivity index (χ3n) is 3.97. The standard InChI is InChI=1S/C19H37BrO/c1-2-3-16-19(21)17-14-12-10-8-6-4-5-7-9-11-13-15-18-20/h14,17,19,21H,2-13,15-16,18H2,1H3/b17-14-/t19-/m0/s1. The van der Waals surface area contributed by atoms with E-state index in [1.165, 1.54) is 70.6 Å². The highest BCUT2D eigenvalue weighted by Crippen LogP contribution is 2.12. The first-order valence-corrected chi connectivity index (χ1v) is 10.3. The molecule has 0 heterocycles. The van der Waals surface area contributed by atoms with E-state index < -0.39 is 0 Å². The maximum absolute atomic E-state index is 9.67. The van der Waals surface area contributed by atoms with E-state index in [1.807, 2.05) is 6.08 Å². The predicted octanol–water partition coefficient (Wildman–Crippen LogP) is 6.78. The van der Waals surface area contributed by atoms with E-state index in [4.69, 9.17) is 0 Å². The lowest BCUT2D eigenvalue weighted by molar-refractivity contribution is 0.209. The molecule has 0 aromatic rings. The summed E-state index contributed by atoms with van der Waals surface area (Å²) in [5.41, 5.74) is 0. The second-order valence-electron chi connectivity index (χ2n) is 6.15. The largest absolute Gasteiger partial charge is 0.389 e. The van der Waals surface area contributed by atoms with Crippen LogP contribution < -0.4 is 0 Å². The van der Waals surface area contributed by atoms with Gasteiger partial charge < -0.3 is 5.11 Å². The average molecular weight is 361 g/mol. The molecule has 0 aliphatic carbocycles. The Kier molecular flexibility index (Phi) is 18.4. The predicted molar refractivity (Wildman–Crippen MR) is 99.3 cm³/mol. The molecule has 0 saturated carbocycles. The first-order chi connectivity index (χ1) is 10.3. The van der Waals surface area contributed by atoms with Gasteiger partial charge in [-0.25, -0.2) is 0 Å². The topological polar surface area (TPSA) is 20.2 Å². The molecule has 126 valence electrons. The molecule has 21 heavy (non-hydrogen) atoms. The van der Waals surface area contributed by atoms with Gasteiger partial charge in [0, 0.05) is 5.33 Å². The van der Waals surface area contributed by atoms with Gasteiger partial charge in [-0.15, -0.1) is 0 Å². The number of aliphatic hydroxyl groups is 1. The molecule has 0 fully saturated rings. The maximum atomic E-state index is 9.67. The number of aliphatic hydroxyl groups excluding tert-OH is 1. The maximum Gasteiger partial charge on any atom is 0.0720 e. The fourth-order valence-electron chi connectivity index (χ4n) is 2.53. The first kappa shape index (κ1) is 21.2. The van der Waals surface area contributed by atoms with Gasteiger partial charge in [-0.05, 0) is 25.7 Å². The highest BCUT2D eigenvalue weighted by atomic mass is 79.9. The van der Waals surface area contributed by atoms with Crippen LogP contribution in [-0.2, 0) is 0 Å². The Hall–Kier alpha value is 0.180. The van der Waals surface area contributed by atoms with Crippen molar-refractivity contribution in [2.75, 3.05) is 5.33 Å². The van der Waals surface area contributed by atoms with Crippen molar-refractivity contribution in [2.24, 2.45) is 0 Å². The Bertz CT molecular complexity index is 216. The molecule has 0 amide bonds. The summed E-state index contributed by atoms with van der Waals surface area (Å²) >= 11 is 3.48. The van der Waals surface area contributed by atoms with E-state index in [0.717, 1.165) is 24.6 Å². The van der Waals surface area contributed by atoms with Gasteiger partial charge >= 0.3 is 0 Å². The van der Waals surface area contributed by atoms with Crippen LogP contribution in [-0.4, -0.2) is 16.5 Å². The summed E-state index contributed by atoms with van der Waals surface area (Å²) in [6.45, 7) is 2.17. The molecule has 0 saturated heterocycles. The van der Waals surface area contributed by atoms with Gasteiger partial charge in [-0.3, -0.25) is 0 Å². The van der Waals surface area contributed by atoms with Crippen molar-refractivity contribution in [1.82, 2.24) is 0 Å². The van der Waals surface area contributed by atoms with E-state index in [2.05, 4.69) is 28.9 Å². The van der Waals surface area contributed by atoms with Crippen LogP contribution in [0.2, 0.25) is 0 Å². The Morgan fingerprint density at radius 3 is 1.86 bits per heavy atom. The molecule has 0 bridgehead atoms. The molecule has 0 aliphatic rings. The molecule has 1 N–H and O–H groups in total. The van der Waals surface area contributed by atoms with Gasteiger partial charge in [-0.1, -0.05) is 99.2 Å². The van der Waals surface area contributed by atoms with E-state index in [1.54, 1.807) is 0 Å². The van der Waals surface area contributed by atoms with Crippen LogP contribution in [0, 0.1) is 0 Å². The molecule has 1 atom stereocenters. The third-order valence-corrected chi connectivity index (χ3v) is 4.53. The molecular formula is C19H37BrO. The number of rotatable bonds is 16. The summed E-state index contributed by atoms with van der Waals surface area (Å²) in [6.07, 6.45) is 22.1. The van der Waals surface area contributed by atoms with Crippen LogP contribution in [0.3, 0.4) is 0 Å². The lowest BCUT2D eigenvalue weighted by atomic mass is 10.1. The smallest absolute Gasteiger partial charge is 0.0720 e. The molecular weight excluding hydrogens is 324 g/mol. The van der Waals surface area contributed by atoms with Gasteiger partial charge in [0.1, 0.15) is 0 Å². The number of hydrogen-bond donors (Lipinski definition) is 1. The quantitative estimate of drug-likeness (QED) is 0.182. The summed E-state index contributed by atoms with van der Waals surface area (Å²) in [7, 11) is 0. The zero-order chi connectivity index (χ0) is 15.6. The van der Waals surface area contributed by atoms with Gasteiger partial charge in [0.2, 0.25) is 0 Å². The number of alkyl halides is 1. The second-order valence-corrected chi connectivity index (χ2v) is 6.94. The van der Waals surface area contributed by atoms with Gasteiger partial charge in [0.25, 0.3) is 0 Å². The molecule has 0 aromatic heterocycles. The Balaban J connectivity index is 3.13. The second kappa shape index (κ2) is 18.2. The van der Waals surface area contributed by atoms with Crippen molar-refractivity contribution in [3.05, 3.63) is 12.2 Å². The molecule has 0 aliphatic heterocycles. The highest BCUT2D eigenvalue weighted by molar-refractivity contribution is 9.09. The van der Waals surface area contributed by atoms with Crippen molar-refractivity contribution in [2.45, 2.75) is 103 Å². The van der Waals surface area contributed by atoms with E-state index in [-0.39, 0.29) is 6.10 Å². The summed E-state index contributed by atoms with van der Waals surface area (Å²) < 4.78 is 0. The summed E-state index contributed by atoms with van der Waals surface area (Å²) in [5.74, 6) is 0. The van der Waals surface area contributed by atoms with Gasteiger partial charge in [0.05, 0.1) is 6.10 Å². The van der Waals surface area contributed by atoms with Crippen LogP contribution in [0.5, 0.6) is 0 Å². The van der Waals surface area contributed by atoms with Crippen LogP contribution >= 0.6 is 15.9 Å². The third kappa shape index (κ3) is 18.1. The molecule has 1 nitrogen and oxygen atoms in total. The van der Waals surface area contributed by atoms with Crippen molar-refractivity contribution < 1.29 is 5.11 Å². The number of halogens is 1. The number of allylic oxidation sites excluding steroid dienone is 1. The van der Waals surface area contributed by atoms with Crippen molar-refractivity contribution in [3.63, 3.8) is 0 Å². The van der Waals surface area contributed by atoms with Crippen molar-refractivity contribution in [1.29, 1.82) is 0 Å². The molecule has 2 heteroatoms. The highest BCUT2D eigenvalue weighted by Gasteiger charge is 1.96. The normalized spacial score (nSPS) is 13.1. The summed E-state index contributed by atoms with van der Waals surface area (Å²) in [6, 6.07) is 0. The fourth-order valence-corrected chi connectivity index (χ4v) is 2.93. The summed E-state index contributed by atoms with van der Waals surface area (Å²) in [4.78, 5) is 0. The van der Waals surface area contributed by atoms with Crippen LogP contribution in [0.4, 0.5) is 0 Å². The molecule has 0 rings (SSSR count). The molecule has 0 radical (unpaired) electrons. The van der Waals surface area contributed by atoms with E-state index in [9.17, 15) is 5.11 Å². The van der Waals surface area contributed by atoms with Crippen molar-refractivity contribution in [3.8, 4) is 0 Å². The minimum Gasteiger partial charge on any atom is -0.389 e. The zero-order valence-electron chi connectivity index (χ0n) is 14.2. The van der Waals surface area contributed by atoms with Crippen molar-refractivity contribution >= 4 is 15.9 Å². The molecule has 0 spiro atoms. The van der Waals surface area contributed by atoms with Crippen LogP contribution in [0.15, 0.2) is 12.2 Å². The number of unbranched alkanes of at least 4 members (excludes halogenated alkanes) is 11. The zero-order valence-corrected chi connectivity index (χ0v) is 15.7. The Morgan fingerprint density at radius 2 is 1.33 bits per heavy atom. The fraction of sp³-hybridized carbons (Fsp3) is 0.895. The first-order valence-electron chi connectivity index (χ1n) is 9.22. The number of hydrogen-bond acceptors (Lipinski definition) is 1. The Morgan fingerprint density at radius 1 is 0.810 bits per heavy atom. The minimum atomic E-state index is -0.213. The van der Waals surface area contributed by atoms with E-state index in [0.29, 0.717) is 0 Å². The molecule has 0 aromatic carbocycles. The SMILES string of the molecule is CCCC[C@H](O)/C=C\CCCCCCCCCCCCBr.